The fourth-order valence-electron chi connectivity index (χ4n) is 3.52. The van der Waals surface area contributed by atoms with E-state index in [9.17, 15) is 10.1 Å². The molecule has 3 aromatic rings. The number of anilines is 2. The highest BCUT2D eigenvalue weighted by atomic mass is 35.5. The summed E-state index contributed by atoms with van der Waals surface area (Å²) in [6, 6.07) is 8.22. The van der Waals surface area contributed by atoms with Gasteiger partial charge in [0.25, 0.3) is 5.69 Å². The molecule has 0 aliphatic heterocycles. The standard InChI is InChI=1S/C22H29N7O2.ClH/c1-4-28(5-2)12-6-7-15(3)25-18-13-20(23)27-22-21(18)24-14-19(26-22)16-8-10-17(11-9-16)29(30)31;/h8-11,13-15H,4-7,12H2,1-3H3,(H3,23,25,26,27);1H. The first-order chi connectivity index (χ1) is 14.9. The summed E-state index contributed by atoms with van der Waals surface area (Å²) in [4.78, 5) is 26.3. The van der Waals surface area contributed by atoms with Crippen LogP contribution < -0.4 is 11.1 Å². The molecule has 0 fully saturated rings. The number of rotatable bonds is 10. The number of nitrogens with two attached hydrogens (primary N) is 1. The van der Waals surface area contributed by atoms with E-state index in [1.807, 2.05) is 0 Å². The summed E-state index contributed by atoms with van der Waals surface area (Å²) in [5, 5.41) is 14.4. The van der Waals surface area contributed by atoms with Crippen molar-refractivity contribution in [2.24, 2.45) is 0 Å². The van der Waals surface area contributed by atoms with E-state index in [1.54, 1.807) is 24.4 Å². The van der Waals surface area contributed by atoms with Gasteiger partial charge in [0.1, 0.15) is 11.3 Å². The Bertz CT molecular complexity index is 1040. The van der Waals surface area contributed by atoms with Crippen LogP contribution in [0.3, 0.4) is 0 Å². The van der Waals surface area contributed by atoms with Gasteiger partial charge in [-0.25, -0.2) is 15.0 Å². The Morgan fingerprint density at radius 3 is 2.50 bits per heavy atom. The van der Waals surface area contributed by atoms with Gasteiger partial charge in [-0.05, 0) is 51.5 Å². The van der Waals surface area contributed by atoms with Crippen LogP contribution in [-0.4, -0.2) is 50.5 Å². The molecule has 172 valence electrons. The molecule has 0 saturated carbocycles. The van der Waals surface area contributed by atoms with Crippen LogP contribution in [0.4, 0.5) is 17.2 Å². The first-order valence-electron chi connectivity index (χ1n) is 10.6. The number of aromatic nitrogens is 3. The predicted molar refractivity (Wildman–Crippen MR) is 131 cm³/mol. The maximum Gasteiger partial charge on any atom is 0.269 e. The van der Waals surface area contributed by atoms with Crippen LogP contribution in [0.25, 0.3) is 22.4 Å². The highest BCUT2D eigenvalue weighted by molar-refractivity contribution is 5.88. The van der Waals surface area contributed by atoms with E-state index in [0.29, 0.717) is 22.7 Å². The molecule has 0 spiro atoms. The Kier molecular flexibility index (Phi) is 9.10. The van der Waals surface area contributed by atoms with Gasteiger partial charge in [-0.3, -0.25) is 10.1 Å². The highest BCUT2D eigenvalue weighted by Gasteiger charge is 2.13. The number of hydrogen-bond acceptors (Lipinski definition) is 8. The van der Waals surface area contributed by atoms with Crippen molar-refractivity contribution in [1.82, 2.24) is 19.9 Å². The predicted octanol–water partition coefficient (Wildman–Crippen LogP) is 4.53. The van der Waals surface area contributed by atoms with E-state index in [0.717, 1.165) is 43.7 Å². The molecular formula is C22H30ClN7O2. The molecule has 1 atom stereocenters. The maximum absolute atomic E-state index is 10.9. The number of nitrogens with zero attached hydrogens (tertiary/aromatic N) is 5. The van der Waals surface area contributed by atoms with Crippen LogP contribution in [0.5, 0.6) is 0 Å². The average molecular weight is 460 g/mol. The van der Waals surface area contributed by atoms with Crippen molar-refractivity contribution < 1.29 is 4.92 Å². The Morgan fingerprint density at radius 1 is 1.19 bits per heavy atom. The third-order valence-electron chi connectivity index (χ3n) is 5.32. The number of nitrogens with one attached hydrogen (secondary N) is 1. The lowest BCUT2D eigenvalue weighted by molar-refractivity contribution is -0.384. The molecule has 2 aromatic heterocycles. The Balaban J connectivity index is 0.00000363. The summed E-state index contributed by atoms with van der Waals surface area (Å²) in [6.45, 7) is 9.72. The third kappa shape index (κ3) is 6.24. The number of nitro benzene ring substituents is 1. The minimum absolute atomic E-state index is 0. The quantitative estimate of drug-likeness (QED) is 0.335. The van der Waals surface area contributed by atoms with Crippen LogP contribution in [0.2, 0.25) is 0 Å². The molecule has 10 heteroatoms. The second-order valence-corrected chi connectivity index (χ2v) is 7.54. The number of pyridine rings is 1. The molecule has 32 heavy (non-hydrogen) atoms. The molecule has 0 radical (unpaired) electrons. The molecule has 1 aromatic carbocycles. The third-order valence-corrected chi connectivity index (χ3v) is 5.32. The first-order valence-corrected chi connectivity index (χ1v) is 10.6. The zero-order valence-electron chi connectivity index (χ0n) is 18.6. The van der Waals surface area contributed by atoms with Crippen LogP contribution in [-0.2, 0) is 0 Å². The molecule has 9 nitrogen and oxygen atoms in total. The number of benzene rings is 1. The SMILES string of the molecule is CCN(CC)CCCC(C)Nc1cc(N)nc2nc(-c3ccc([N+](=O)[O-])cc3)cnc12.Cl. The lowest BCUT2D eigenvalue weighted by atomic mass is 10.1. The molecular weight excluding hydrogens is 430 g/mol. The highest BCUT2D eigenvalue weighted by Crippen LogP contribution is 2.26. The van der Waals surface area contributed by atoms with Gasteiger partial charge in [-0.1, -0.05) is 13.8 Å². The summed E-state index contributed by atoms with van der Waals surface area (Å²) >= 11 is 0. The summed E-state index contributed by atoms with van der Waals surface area (Å²) < 4.78 is 0. The van der Waals surface area contributed by atoms with Gasteiger partial charge < -0.3 is 16.0 Å². The lowest BCUT2D eigenvalue weighted by Gasteiger charge is -2.20. The molecule has 3 rings (SSSR count). The van der Waals surface area contributed by atoms with Gasteiger partial charge in [0.15, 0.2) is 5.65 Å². The molecule has 2 heterocycles. The normalized spacial score (nSPS) is 11.9. The van der Waals surface area contributed by atoms with Gasteiger partial charge in [-0.2, -0.15) is 0 Å². The van der Waals surface area contributed by atoms with Crippen molar-refractivity contribution in [3.8, 4) is 11.3 Å². The summed E-state index contributed by atoms with van der Waals surface area (Å²) in [5.74, 6) is 0.362. The first kappa shape index (κ1) is 25.2. The van der Waals surface area contributed by atoms with Crippen LogP contribution in [0, 0.1) is 10.1 Å². The number of non-ortho nitro benzene ring substituents is 1. The van der Waals surface area contributed by atoms with Crippen molar-refractivity contribution in [2.45, 2.75) is 39.7 Å². The van der Waals surface area contributed by atoms with Crippen molar-refractivity contribution in [2.75, 3.05) is 30.7 Å². The van der Waals surface area contributed by atoms with Gasteiger partial charge in [0, 0.05) is 29.8 Å². The zero-order valence-corrected chi connectivity index (χ0v) is 19.4. The topological polar surface area (TPSA) is 123 Å². The number of halogens is 1. The van der Waals surface area contributed by atoms with Crippen molar-refractivity contribution >= 4 is 40.8 Å². The van der Waals surface area contributed by atoms with Crippen molar-refractivity contribution in [3.05, 3.63) is 46.6 Å². The van der Waals surface area contributed by atoms with E-state index < -0.39 is 4.92 Å². The summed E-state index contributed by atoms with van der Waals surface area (Å²) in [6.07, 6.45) is 3.77. The van der Waals surface area contributed by atoms with Crippen LogP contribution >= 0.6 is 12.4 Å². The Hall–Kier alpha value is -3.04. The second kappa shape index (κ2) is 11.5. The fourth-order valence-corrected chi connectivity index (χ4v) is 3.52. The van der Waals surface area contributed by atoms with E-state index in [-0.39, 0.29) is 24.1 Å². The number of nitro groups is 1. The monoisotopic (exact) mass is 459 g/mol. The smallest absolute Gasteiger partial charge is 0.269 e. The minimum Gasteiger partial charge on any atom is -0.384 e. The van der Waals surface area contributed by atoms with Gasteiger partial charge >= 0.3 is 0 Å². The van der Waals surface area contributed by atoms with Crippen LogP contribution in [0.15, 0.2) is 36.5 Å². The van der Waals surface area contributed by atoms with E-state index in [2.05, 4.69) is 45.9 Å². The van der Waals surface area contributed by atoms with E-state index in [1.165, 1.54) is 12.1 Å². The number of hydrogen-bond donors (Lipinski definition) is 2. The van der Waals surface area contributed by atoms with Gasteiger partial charge in [0.2, 0.25) is 0 Å². The average Bonchev–Trinajstić information content (AvgIpc) is 2.76. The van der Waals surface area contributed by atoms with E-state index >= 15 is 0 Å². The molecule has 1 unspecified atom stereocenters. The second-order valence-electron chi connectivity index (χ2n) is 7.54. The zero-order chi connectivity index (χ0) is 22.4. The molecule has 0 aliphatic rings. The van der Waals surface area contributed by atoms with Gasteiger partial charge in [0.05, 0.1) is 22.5 Å². The van der Waals surface area contributed by atoms with Crippen molar-refractivity contribution in [3.63, 3.8) is 0 Å². The van der Waals surface area contributed by atoms with E-state index in [4.69, 9.17) is 5.73 Å². The van der Waals surface area contributed by atoms with Crippen molar-refractivity contribution in [1.29, 1.82) is 0 Å². The summed E-state index contributed by atoms with van der Waals surface area (Å²) in [7, 11) is 0. The Morgan fingerprint density at radius 2 is 1.88 bits per heavy atom. The lowest BCUT2D eigenvalue weighted by Crippen LogP contribution is -2.25. The molecule has 0 bridgehead atoms. The van der Waals surface area contributed by atoms with Gasteiger partial charge in [-0.15, -0.1) is 12.4 Å². The molecule has 3 N–H and O–H groups in total. The maximum atomic E-state index is 10.9. The number of nitrogen functional groups attached to an aromatic ring is 1. The van der Waals surface area contributed by atoms with Crippen LogP contribution in [0.1, 0.15) is 33.6 Å². The fraction of sp³-hybridized carbons (Fsp3) is 0.409. The molecule has 0 amide bonds. The largest absolute Gasteiger partial charge is 0.384 e. The summed E-state index contributed by atoms with van der Waals surface area (Å²) in [5.41, 5.74) is 9.25. The Labute approximate surface area is 194 Å². The molecule has 0 saturated heterocycles. The number of fused-ring (bicyclic) bond motifs is 1. The minimum atomic E-state index is -0.431. The molecule has 0 aliphatic carbocycles.